The Kier molecular flexibility index (Phi) is 5.86. The van der Waals surface area contributed by atoms with Gasteiger partial charge >= 0.3 is 0 Å². The van der Waals surface area contributed by atoms with Crippen molar-refractivity contribution in [3.8, 4) is 17.2 Å². The van der Waals surface area contributed by atoms with Crippen molar-refractivity contribution in [2.24, 2.45) is 0 Å². The Morgan fingerprint density at radius 2 is 1.61 bits per heavy atom. The van der Waals surface area contributed by atoms with Crippen LogP contribution in [0.25, 0.3) is 0 Å². The van der Waals surface area contributed by atoms with Gasteiger partial charge < -0.3 is 19.5 Å². The van der Waals surface area contributed by atoms with Crippen LogP contribution in [0.1, 0.15) is 11.1 Å². The van der Waals surface area contributed by atoms with Crippen molar-refractivity contribution in [2.45, 2.75) is 13.0 Å². The number of benzene rings is 2. The first-order chi connectivity index (χ1) is 11.2. The average molecular weight is 315 g/mol. The zero-order valence-corrected chi connectivity index (χ0v) is 13.6. The van der Waals surface area contributed by atoms with Crippen LogP contribution in [0.3, 0.4) is 0 Å². The van der Waals surface area contributed by atoms with Crippen LogP contribution in [-0.4, -0.2) is 27.2 Å². The van der Waals surface area contributed by atoms with E-state index in [2.05, 4.69) is 5.32 Å². The highest BCUT2D eigenvalue weighted by atomic mass is 16.5. The summed E-state index contributed by atoms with van der Waals surface area (Å²) in [5, 5.41) is 2.90. The summed E-state index contributed by atoms with van der Waals surface area (Å²) < 4.78 is 15.7. The Morgan fingerprint density at radius 3 is 2.22 bits per heavy atom. The van der Waals surface area contributed by atoms with Crippen LogP contribution in [0.2, 0.25) is 0 Å². The average Bonchev–Trinajstić information content (AvgIpc) is 2.60. The molecule has 0 spiro atoms. The molecule has 0 saturated carbocycles. The molecule has 0 aliphatic heterocycles. The zero-order chi connectivity index (χ0) is 16.7. The molecular weight excluding hydrogens is 294 g/mol. The van der Waals surface area contributed by atoms with E-state index in [1.807, 2.05) is 36.4 Å². The summed E-state index contributed by atoms with van der Waals surface area (Å²) in [5.41, 5.74) is 1.77. The smallest absolute Gasteiger partial charge is 0.224 e. The molecule has 0 aliphatic rings. The largest absolute Gasteiger partial charge is 0.497 e. The number of nitrogens with one attached hydrogen (secondary N) is 1. The summed E-state index contributed by atoms with van der Waals surface area (Å²) in [6, 6.07) is 13.0. The molecule has 0 unspecified atom stereocenters. The lowest BCUT2D eigenvalue weighted by Gasteiger charge is -2.11. The fourth-order valence-electron chi connectivity index (χ4n) is 2.25. The van der Waals surface area contributed by atoms with Crippen molar-refractivity contribution in [2.75, 3.05) is 21.3 Å². The van der Waals surface area contributed by atoms with E-state index in [0.717, 1.165) is 11.1 Å². The second-order valence-electron chi connectivity index (χ2n) is 4.99. The number of carbonyl (C=O) groups is 1. The number of ether oxygens (including phenoxy) is 3. The third-order valence-corrected chi connectivity index (χ3v) is 3.44. The Balaban J connectivity index is 1.99. The van der Waals surface area contributed by atoms with E-state index in [-0.39, 0.29) is 12.3 Å². The van der Waals surface area contributed by atoms with Gasteiger partial charge in [0.25, 0.3) is 0 Å². The fourth-order valence-corrected chi connectivity index (χ4v) is 2.25. The topological polar surface area (TPSA) is 56.8 Å². The van der Waals surface area contributed by atoms with Crippen LogP contribution in [0.4, 0.5) is 0 Å². The monoisotopic (exact) mass is 315 g/mol. The lowest BCUT2D eigenvalue weighted by Crippen LogP contribution is -2.24. The Bertz CT molecular complexity index is 648. The molecule has 122 valence electrons. The lowest BCUT2D eigenvalue weighted by atomic mass is 10.1. The van der Waals surface area contributed by atoms with Crippen LogP contribution < -0.4 is 19.5 Å². The molecule has 0 heterocycles. The van der Waals surface area contributed by atoms with E-state index < -0.39 is 0 Å². The van der Waals surface area contributed by atoms with Crippen molar-refractivity contribution >= 4 is 5.91 Å². The number of hydrogen-bond acceptors (Lipinski definition) is 4. The molecule has 0 bridgehead atoms. The minimum atomic E-state index is -0.0729. The molecule has 2 rings (SSSR count). The molecule has 0 atom stereocenters. The van der Waals surface area contributed by atoms with E-state index in [1.165, 1.54) is 0 Å². The first kappa shape index (κ1) is 16.7. The summed E-state index contributed by atoms with van der Waals surface area (Å²) in [6.45, 7) is 0.404. The van der Waals surface area contributed by atoms with Gasteiger partial charge in [-0.05, 0) is 23.8 Å². The van der Waals surface area contributed by atoms with Crippen molar-refractivity contribution in [3.63, 3.8) is 0 Å². The summed E-state index contributed by atoms with van der Waals surface area (Å²) in [5.74, 6) is 2.03. The molecule has 1 N–H and O–H groups in total. The Labute approximate surface area is 136 Å². The van der Waals surface area contributed by atoms with Crippen LogP contribution in [0.15, 0.2) is 42.5 Å². The van der Waals surface area contributed by atoms with Gasteiger partial charge in [-0.15, -0.1) is 0 Å². The van der Waals surface area contributed by atoms with Gasteiger partial charge in [0.05, 0.1) is 27.8 Å². The normalized spacial score (nSPS) is 10.0. The number of carbonyl (C=O) groups excluding carboxylic acids is 1. The quantitative estimate of drug-likeness (QED) is 0.853. The van der Waals surface area contributed by atoms with Crippen molar-refractivity contribution in [1.29, 1.82) is 0 Å². The molecule has 5 nitrogen and oxygen atoms in total. The highest BCUT2D eigenvalue weighted by molar-refractivity contribution is 5.79. The maximum absolute atomic E-state index is 12.1. The molecule has 2 aromatic rings. The zero-order valence-electron chi connectivity index (χ0n) is 13.6. The maximum Gasteiger partial charge on any atom is 0.224 e. The maximum atomic E-state index is 12.1. The van der Waals surface area contributed by atoms with Gasteiger partial charge in [-0.3, -0.25) is 4.79 Å². The van der Waals surface area contributed by atoms with Gasteiger partial charge in [0.1, 0.15) is 17.2 Å². The second-order valence-corrected chi connectivity index (χ2v) is 4.99. The summed E-state index contributed by atoms with van der Waals surface area (Å²) in [6.07, 6.45) is 0.269. The molecule has 0 aromatic heterocycles. The molecule has 0 fully saturated rings. The van der Waals surface area contributed by atoms with Crippen LogP contribution in [0, 0.1) is 0 Å². The van der Waals surface area contributed by atoms with Crippen molar-refractivity contribution in [1.82, 2.24) is 5.32 Å². The van der Waals surface area contributed by atoms with Crippen LogP contribution in [0.5, 0.6) is 17.2 Å². The summed E-state index contributed by atoms with van der Waals surface area (Å²) in [4.78, 5) is 12.1. The number of hydrogen-bond donors (Lipinski definition) is 1. The molecule has 0 aliphatic carbocycles. The third kappa shape index (κ3) is 4.64. The minimum absolute atomic E-state index is 0.0729. The standard InChI is InChI=1S/C18H21NO4/c1-21-15-8-13(9-16(11-15)22-2)12-19-18(20)10-14-6-4-5-7-17(14)23-3/h4-9,11H,10,12H2,1-3H3,(H,19,20). The van der Waals surface area contributed by atoms with Gasteiger partial charge in [-0.1, -0.05) is 18.2 Å². The highest BCUT2D eigenvalue weighted by Crippen LogP contribution is 2.22. The van der Waals surface area contributed by atoms with E-state index in [9.17, 15) is 4.79 Å². The minimum Gasteiger partial charge on any atom is -0.497 e. The first-order valence-electron chi connectivity index (χ1n) is 7.26. The van der Waals surface area contributed by atoms with Gasteiger partial charge in [0.15, 0.2) is 0 Å². The number of para-hydroxylation sites is 1. The molecule has 0 radical (unpaired) electrons. The van der Waals surface area contributed by atoms with E-state index >= 15 is 0 Å². The third-order valence-electron chi connectivity index (χ3n) is 3.44. The number of rotatable bonds is 7. The molecule has 5 heteroatoms. The number of methoxy groups -OCH3 is 3. The van der Waals surface area contributed by atoms with Gasteiger partial charge in [-0.2, -0.15) is 0 Å². The molecule has 2 aromatic carbocycles. The van der Waals surface area contributed by atoms with E-state index in [4.69, 9.17) is 14.2 Å². The number of amides is 1. The van der Waals surface area contributed by atoms with Crippen LogP contribution >= 0.6 is 0 Å². The predicted molar refractivity (Wildman–Crippen MR) is 88.1 cm³/mol. The van der Waals surface area contributed by atoms with Gasteiger partial charge in [0.2, 0.25) is 5.91 Å². The highest BCUT2D eigenvalue weighted by Gasteiger charge is 2.09. The lowest BCUT2D eigenvalue weighted by molar-refractivity contribution is -0.120. The predicted octanol–water partition coefficient (Wildman–Crippen LogP) is 2.57. The van der Waals surface area contributed by atoms with Crippen LogP contribution in [-0.2, 0) is 17.8 Å². The van der Waals surface area contributed by atoms with Gasteiger partial charge in [-0.25, -0.2) is 0 Å². The summed E-state index contributed by atoms with van der Waals surface area (Å²) in [7, 11) is 4.79. The Hall–Kier alpha value is -2.69. The van der Waals surface area contributed by atoms with Crippen molar-refractivity contribution in [3.05, 3.63) is 53.6 Å². The first-order valence-corrected chi connectivity index (χ1v) is 7.26. The van der Waals surface area contributed by atoms with Gasteiger partial charge in [0, 0.05) is 18.2 Å². The fraction of sp³-hybridized carbons (Fsp3) is 0.278. The molecule has 23 heavy (non-hydrogen) atoms. The molecular formula is C18H21NO4. The molecule has 0 saturated heterocycles. The second kappa shape index (κ2) is 8.08. The van der Waals surface area contributed by atoms with E-state index in [1.54, 1.807) is 27.4 Å². The Morgan fingerprint density at radius 1 is 0.957 bits per heavy atom. The summed E-state index contributed by atoms with van der Waals surface area (Å²) >= 11 is 0. The van der Waals surface area contributed by atoms with E-state index in [0.29, 0.717) is 23.8 Å². The molecule has 1 amide bonds. The SMILES string of the molecule is COc1cc(CNC(=O)Cc2ccccc2OC)cc(OC)c1. The van der Waals surface area contributed by atoms with Crippen molar-refractivity contribution < 1.29 is 19.0 Å².